The van der Waals surface area contributed by atoms with Crippen LogP contribution in [0.25, 0.3) is 0 Å². The van der Waals surface area contributed by atoms with E-state index in [0.29, 0.717) is 12.1 Å². The summed E-state index contributed by atoms with van der Waals surface area (Å²) in [7, 11) is 4.42. The molecule has 1 saturated carbocycles. The quantitative estimate of drug-likeness (QED) is 0.902. The Bertz CT molecular complexity index is 417. The number of aryl methyl sites for hydroxylation is 2. The van der Waals surface area contributed by atoms with Crippen molar-refractivity contribution in [3.63, 3.8) is 0 Å². The van der Waals surface area contributed by atoms with E-state index in [1.807, 2.05) is 0 Å². The summed E-state index contributed by atoms with van der Waals surface area (Å²) in [6, 6.07) is 7.80. The molecule has 0 aliphatic heterocycles. The van der Waals surface area contributed by atoms with Gasteiger partial charge in [-0.3, -0.25) is 0 Å². The highest BCUT2D eigenvalue weighted by Gasteiger charge is 2.29. The molecular weight excluding hydrogens is 232 g/mol. The third-order valence-electron chi connectivity index (χ3n) is 4.57. The zero-order chi connectivity index (χ0) is 14.0. The normalized spacial score (nSPS) is 25.6. The highest BCUT2D eigenvalue weighted by atomic mass is 15.1. The van der Waals surface area contributed by atoms with E-state index in [1.165, 1.54) is 42.4 Å². The Morgan fingerprint density at radius 3 is 2.32 bits per heavy atom. The monoisotopic (exact) mass is 260 g/mol. The summed E-state index contributed by atoms with van der Waals surface area (Å²) < 4.78 is 0. The summed E-state index contributed by atoms with van der Waals surface area (Å²) in [5.74, 6) is 0.746. The lowest BCUT2D eigenvalue weighted by atomic mass is 9.78. The average Bonchev–Trinajstić information content (AvgIpc) is 2.36. The number of rotatable bonds is 3. The molecule has 106 valence electrons. The molecule has 1 aliphatic rings. The van der Waals surface area contributed by atoms with Crippen molar-refractivity contribution in [1.82, 2.24) is 4.90 Å². The minimum Gasteiger partial charge on any atom is -0.328 e. The largest absolute Gasteiger partial charge is 0.328 e. The highest BCUT2D eigenvalue weighted by Crippen LogP contribution is 2.38. The van der Waals surface area contributed by atoms with Gasteiger partial charge in [-0.15, -0.1) is 0 Å². The van der Waals surface area contributed by atoms with Crippen LogP contribution in [0.3, 0.4) is 0 Å². The van der Waals surface area contributed by atoms with Crippen molar-refractivity contribution in [1.29, 1.82) is 0 Å². The van der Waals surface area contributed by atoms with Crippen molar-refractivity contribution >= 4 is 0 Å². The second kappa shape index (κ2) is 6.06. The first-order chi connectivity index (χ1) is 8.99. The lowest BCUT2D eigenvalue weighted by molar-refractivity contribution is 0.163. The second-order valence-corrected chi connectivity index (χ2v) is 6.44. The van der Waals surface area contributed by atoms with Gasteiger partial charge in [-0.2, -0.15) is 0 Å². The number of benzene rings is 1. The van der Waals surface area contributed by atoms with Gasteiger partial charge in [0.05, 0.1) is 0 Å². The molecule has 0 bridgehead atoms. The highest BCUT2D eigenvalue weighted by molar-refractivity contribution is 5.33. The van der Waals surface area contributed by atoms with Crippen LogP contribution < -0.4 is 5.73 Å². The van der Waals surface area contributed by atoms with Gasteiger partial charge < -0.3 is 10.6 Å². The standard InChI is InChI=1S/C17H28N2/c1-12-5-6-13(2)16(11-12)17(19(3)4)14-7-9-15(18)10-8-14/h5-6,11,14-15,17H,7-10,18H2,1-4H3. The molecule has 1 fully saturated rings. The van der Waals surface area contributed by atoms with Crippen molar-refractivity contribution in [3.05, 3.63) is 34.9 Å². The molecule has 19 heavy (non-hydrogen) atoms. The van der Waals surface area contributed by atoms with E-state index >= 15 is 0 Å². The van der Waals surface area contributed by atoms with Crippen LogP contribution in [0.2, 0.25) is 0 Å². The first kappa shape index (κ1) is 14.5. The van der Waals surface area contributed by atoms with Gasteiger partial charge in [0.25, 0.3) is 0 Å². The minimum atomic E-state index is 0.428. The molecule has 0 spiro atoms. The van der Waals surface area contributed by atoms with Gasteiger partial charge in [0.1, 0.15) is 0 Å². The Hall–Kier alpha value is -0.860. The molecule has 1 aromatic rings. The minimum absolute atomic E-state index is 0.428. The van der Waals surface area contributed by atoms with Crippen molar-refractivity contribution in [2.45, 2.75) is 51.6 Å². The van der Waals surface area contributed by atoms with Crippen molar-refractivity contribution in [2.24, 2.45) is 11.7 Å². The first-order valence-corrected chi connectivity index (χ1v) is 7.48. The predicted molar refractivity (Wildman–Crippen MR) is 82.3 cm³/mol. The van der Waals surface area contributed by atoms with Crippen LogP contribution in [-0.2, 0) is 0 Å². The average molecular weight is 260 g/mol. The van der Waals surface area contributed by atoms with Gasteiger partial charge in [-0.05, 0) is 70.7 Å². The maximum atomic E-state index is 6.05. The molecule has 1 atom stereocenters. The SMILES string of the molecule is Cc1ccc(C)c(C(C2CCC(N)CC2)N(C)C)c1. The van der Waals surface area contributed by atoms with Gasteiger partial charge >= 0.3 is 0 Å². The topological polar surface area (TPSA) is 29.3 Å². The van der Waals surface area contributed by atoms with Gasteiger partial charge in [-0.25, -0.2) is 0 Å². The van der Waals surface area contributed by atoms with E-state index in [4.69, 9.17) is 5.73 Å². The number of nitrogens with zero attached hydrogens (tertiary/aromatic N) is 1. The summed E-state index contributed by atoms with van der Waals surface area (Å²) in [6.07, 6.45) is 4.88. The molecule has 1 unspecified atom stereocenters. The Kier molecular flexibility index (Phi) is 4.64. The van der Waals surface area contributed by atoms with Gasteiger partial charge in [0, 0.05) is 12.1 Å². The third kappa shape index (κ3) is 3.37. The van der Waals surface area contributed by atoms with E-state index in [2.05, 4.69) is 51.0 Å². The Morgan fingerprint density at radius 2 is 1.74 bits per heavy atom. The number of hydrogen-bond acceptors (Lipinski definition) is 2. The first-order valence-electron chi connectivity index (χ1n) is 7.48. The van der Waals surface area contributed by atoms with E-state index in [0.717, 1.165) is 5.92 Å². The van der Waals surface area contributed by atoms with Crippen LogP contribution in [0.1, 0.15) is 48.4 Å². The van der Waals surface area contributed by atoms with Crippen LogP contribution >= 0.6 is 0 Å². The van der Waals surface area contributed by atoms with E-state index in [-0.39, 0.29) is 0 Å². The van der Waals surface area contributed by atoms with Crippen LogP contribution in [0.15, 0.2) is 18.2 Å². The molecule has 2 heteroatoms. The second-order valence-electron chi connectivity index (χ2n) is 6.44. The summed E-state index contributed by atoms with van der Waals surface area (Å²) >= 11 is 0. The van der Waals surface area contributed by atoms with E-state index in [9.17, 15) is 0 Å². The Morgan fingerprint density at radius 1 is 1.11 bits per heavy atom. The molecular formula is C17H28N2. The fourth-order valence-corrected chi connectivity index (χ4v) is 3.49. The third-order valence-corrected chi connectivity index (χ3v) is 4.57. The summed E-state index contributed by atoms with van der Waals surface area (Å²) in [4.78, 5) is 2.39. The Labute approximate surface area is 118 Å². The number of nitrogens with two attached hydrogens (primary N) is 1. The fraction of sp³-hybridized carbons (Fsp3) is 0.647. The van der Waals surface area contributed by atoms with Crippen LogP contribution in [-0.4, -0.2) is 25.0 Å². The molecule has 0 saturated heterocycles. The van der Waals surface area contributed by atoms with Gasteiger partial charge in [0.15, 0.2) is 0 Å². The van der Waals surface area contributed by atoms with E-state index < -0.39 is 0 Å². The van der Waals surface area contributed by atoms with Crippen LogP contribution in [0.4, 0.5) is 0 Å². The smallest absolute Gasteiger partial charge is 0.0372 e. The summed E-state index contributed by atoms with van der Waals surface area (Å²) in [6.45, 7) is 4.42. The molecule has 1 aromatic carbocycles. The van der Waals surface area contributed by atoms with Gasteiger partial charge in [-0.1, -0.05) is 23.8 Å². The van der Waals surface area contributed by atoms with Crippen molar-refractivity contribution < 1.29 is 0 Å². The molecule has 2 rings (SSSR count). The molecule has 2 nitrogen and oxygen atoms in total. The molecule has 2 N–H and O–H groups in total. The van der Waals surface area contributed by atoms with Crippen molar-refractivity contribution in [3.8, 4) is 0 Å². The molecule has 0 heterocycles. The molecule has 0 aromatic heterocycles. The number of hydrogen-bond donors (Lipinski definition) is 1. The fourth-order valence-electron chi connectivity index (χ4n) is 3.49. The lowest BCUT2D eigenvalue weighted by Crippen LogP contribution is -2.34. The van der Waals surface area contributed by atoms with Gasteiger partial charge in [0.2, 0.25) is 0 Å². The van der Waals surface area contributed by atoms with Crippen molar-refractivity contribution in [2.75, 3.05) is 14.1 Å². The zero-order valence-electron chi connectivity index (χ0n) is 12.8. The van der Waals surface area contributed by atoms with Crippen LogP contribution in [0.5, 0.6) is 0 Å². The summed E-state index contributed by atoms with van der Waals surface area (Å²) in [5.41, 5.74) is 10.3. The van der Waals surface area contributed by atoms with E-state index in [1.54, 1.807) is 0 Å². The summed E-state index contributed by atoms with van der Waals surface area (Å²) in [5, 5.41) is 0. The maximum absolute atomic E-state index is 6.05. The zero-order valence-corrected chi connectivity index (χ0v) is 12.8. The lowest BCUT2D eigenvalue weighted by Gasteiger charge is -2.37. The predicted octanol–water partition coefficient (Wildman–Crippen LogP) is 3.42. The maximum Gasteiger partial charge on any atom is 0.0372 e. The molecule has 1 aliphatic carbocycles. The van der Waals surface area contributed by atoms with Crippen LogP contribution in [0, 0.1) is 19.8 Å². The Balaban J connectivity index is 2.27. The molecule has 0 amide bonds. The molecule has 0 radical (unpaired) electrons.